The number of primary amides is 1. The van der Waals surface area contributed by atoms with Gasteiger partial charge in [-0.25, -0.2) is 9.78 Å². The molecule has 1 aromatic rings. The molecule has 3 N–H and O–H groups in total. The molecule has 0 saturated heterocycles. The van der Waals surface area contributed by atoms with Gasteiger partial charge in [0, 0.05) is 11.1 Å². The van der Waals surface area contributed by atoms with Crippen molar-refractivity contribution in [2.75, 3.05) is 5.75 Å². The van der Waals surface area contributed by atoms with E-state index in [0.717, 1.165) is 0 Å². The number of aromatic carboxylic acids is 1. The normalized spacial score (nSPS) is 9.71. The maximum Gasteiger partial charge on any atom is 0.354 e. The number of carbonyl (C=O) groups excluding carboxylic acids is 1. The number of amides is 1. The number of aromatic nitrogens is 1. The minimum absolute atomic E-state index is 0.0422. The van der Waals surface area contributed by atoms with Crippen molar-refractivity contribution in [1.29, 1.82) is 0 Å². The zero-order valence-corrected chi connectivity index (χ0v) is 7.95. The van der Waals surface area contributed by atoms with Gasteiger partial charge >= 0.3 is 5.97 Å². The SMILES string of the molecule is NC(=O)CSc1ccnc(C(=O)O)c1. The molecule has 0 atom stereocenters. The molecule has 0 fully saturated rings. The highest BCUT2D eigenvalue weighted by molar-refractivity contribution is 8.00. The Labute approximate surface area is 84.3 Å². The van der Waals surface area contributed by atoms with E-state index in [0.29, 0.717) is 4.90 Å². The van der Waals surface area contributed by atoms with E-state index < -0.39 is 11.9 Å². The van der Waals surface area contributed by atoms with E-state index >= 15 is 0 Å². The maximum absolute atomic E-state index is 10.5. The lowest BCUT2D eigenvalue weighted by atomic mass is 10.3. The molecule has 0 bridgehead atoms. The average Bonchev–Trinajstić information content (AvgIpc) is 2.15. The van der Waals surface area contributed by atoms with Gasteiger partial charge in [-0.1, -0.05) is 0 Å². The van der Waals surface area contributed by atoms with E-state index in [1.807, 2.05) is 0 Å². The van der Waals surface area contributed by atoms with Gasteiger partial charge in [-0.15, -0.1) is 11.8 Å². The molecule has 0 aliphatic carbocycles. The molecule has 0 aliphatic rings. The van der Waals surface area contributed by atoms with Crippen LogP contribution >= 0.6 is 11.8 Å². The second-order valence-corrected chi connectivity index (χ2v) is 3.49. The third-order valence-corrected chi connectivity index (χ3v) is 2.35. The number of nitrogens with two attached hydrogens (primary N) is 1. The van der Waals surface area contributed by atoms with Crippen LogP contribution in [0.1, 0.15) is 10.5 Å². The topological polar surface area (TPSA) is 93.3 Å². The Morgan fingerprint density at radius 2 is 2.29 bits per heavy atom. The zero-order valence-electron chi connectivity index (χ0n) is 7.14. The number of carbonyl (C=O) groups is 2. The van der Waals surface area contributed by atoms with Crippen LogP contribution in [0.3, 0.4) is 0 Å². The molecule has 1 heterocycles. The Hall–Kier alpha value is -1.56. The summed E-state index contributed by atoms with van der Waals surface area (Å²) in [5, 5.41) is 8.62. The predicted octanol–water partition coefficient (Wildman–Crippen LogP) is 0.357. The number of hydrogen-bond acceptors (Lipinski definition) is 4. The highest BCUT2D eigenvalue weighted by Crippen LogP contribution is 2.17. The predicted molar refractivity (Wildman–Crippen MR) is 51.1 cm³/mol. The quantitative estimate of drug-likeness (QED) is 0.703. The highest BCUT2D eigenvalue weighted by atomic mass is 32.2. The summed E-state index contributed by atoms with van der Waals surface area (Å²) in [6, 6.07) is 3.02. The van der Waals surface area contributed by atoms with Crippen LogP contribution < -0.4 is 5.73 Å². The summed E-state index contributed by atoms with van der Waals surface area (Å²) in [5.74, 6) is -1.40. The standard InChI is InChI=1S/C8H8N2O3S/c9-7(11)4-14-5-1-2-10-6(3-5)8(12)13/h1-3H,4H2,(H2,9,11)(H,12,13). The lowest BCUT2D eigenvalue weighted by molar-refractivity contribution is -0.115. The van der Waals surface area contributed by atoms with E-state index in [9.17, 15) is 9.59 Å². The lowest BCUT2D eigenvalue weighted by Crippen LogP contribution is -2.13. The first-order valence-electron chi connectivity index (χ1n) is 3.70. The summed E-state index contributed by atoms with van der Waals surface area (Å²) < 4.78 is 0. The van der Waals surface area contributed by atoms with Gasteiger partial charge in [0.25, 0.3) is 0 Å². The van der Waals surface area contributed by atoms with Gasteiger partial charge in [-0.2, -0.15) is 0 Å². The summed E-state index contributed by atoms with van der Waals surface area (Å²) in [7, 11) is 0. The van der Waals surface area contributed by atoms with E-state index in [1.165, 1.54) is 24.0 Å². The minimum atomic E-state index is -1.09. The van der Waals surface area contributed by atoms with Gasteiger partial charge in [0.1, 0.15) is 5.69 Å². The van der Waals surface area contributed by atoms with Crippen molar-refractivity contribution in [3.8, 4) is 0 Å². The van der Waals surface area contributed by atoms with Gasteiger partial charge in [-0.05, 0) is 12.1 Å². The van der Waals surface area contributed by atoms with Gasteiger partial charge in [-0.3, -0.25) is 4.79 Å². The van der Waals surface area contributed by atoms with Crippen molar-refractivity contribution in [3.63, 3.8) is 0 Å². The number of rotatable bonds is 4. The summed E-state index contributed by atoms with van der Waals surface area (Å²) in [6.07, 6.45) is 1.38. The van der Waals surface area contributed by atoms with E-state index in [1.54, 1.807) is 6.07 Å². The Morgan fingerprint density at radius 3 is 2.86 bits per heavy atom. The molecule has 1 rings (SSSR count). The zero-order chi connectivity index (χ0) is 10.6. The molecule has 1 amide bonds. The fraction of sp³-hybridized carbons (Fsp3) is 0.125. The molecular weight excluding hydrogens is 204 g/mol. The Kier molecular flexibility index (Phi) is 3.47. The van der Waals surface area contributed by atoms with Crippen LogP contribution in [0.25, 0.3) is 0 Å². The van der Waals surface area contributed by atoms with Crippen LogP contribution in [-0.2, 0) is 4.79 Å². The van der Waals surface area contributed by atoms with Crippen molar-refractivity contribution < 1.29 is 14.7 Å². The molecule has 14 heavy (non-hydrogen) atoms. The monoisotopic (exact) mass is 212 g/mol. The molecule has 0 unspecified atom stereocenters. The molecule has 0 spiro atoms. The summed E-state index contributed by atoms with van der Waals surface area (Å²) >= 11 is 1.18. The molecule has 6 heteroatoms. The smallest absolute Gasteiger partial charge is 0.354 e. The third-order valence-electron chi connectivity index (χ3n) is 1.33. The first-order chi connectivity index (χ1) is 6.59. The van der Waals surface area contributed by atoms with Crippen molar-refractivity contribution in [1.82, 2.24) is 4.98 Å². The van der Waals surface area contributed by atoms with Gasteiger partial charge in [0.15, 0.2) is 0 Å². The second kappa shape index (κ2) is 4.61. The largest absolute Gasteiger partial charge is 0.477 e. The molecule has 0 aromatic carbocycles. The molecule has 74 valence electrons. The van der Waals surface area contributed by atoms with Crippen LogP contribution in [0.15, 0.2) is 23.2 Å². The van der Waals surface area contributed by atoms with Crippen LogP contribution in [0.5, 0.6) is 0 Å². The Balaban J connectivity index is 2.73. The van der Waals surface area contributed by atoms with E-state index in [-0.39, 0.29) is 11.4 Å². The van der Waals surface area contributed by atoms with Crippen molar-refractivity contribution in [2.24, 2.45) is 5.73 Å². The van der Waals surface area contributed by atoms with Crippen LogP contribution in [0.2, 0.25) is 0 Å². The van der Waals surface area contributed by atoms with Gasteiger partial charge in [0.05, 0.1) is 5.75 Å². The fourth-order valence-electron chi connectivity index (χ4n) is 0.772. The fourth-order valence-corrected chi connectivity index (χ4v) is 1.43. The number of carboxylic acids is 1. The Bertz CT molecular complexity index is 367. The molecule has 1 aromatic heterocycles. The molecular formula is C8H8N2O3S. The van der Waals surface area contributed by atoms with Crippen molar-refractivity contribution in [3.05, 3.63) is 24.0 Å². The average molecular weight is 212 g/mol. The van der Waals surface area contributed by atoms with Gasteiger partial charge < -0.3 is 10.8 Å². The first kappa shape index (κ1) is 10.5. The van der Waals surface area contributed by atoms with E-state index in [4.69, 9.17) is 10.8 Å². The maximum atomic E-state index is 10.5. The van der Waals surface area contributed by atoms with Gasteiger partial charge in [0.2, 0.25) is 5.91 Å². The molecule has 5 nitrogen and oxygen atoms in total. The lowest BCUT2D eigenvalue weighted by Gasteiger charge is -1.99. The first-order valence-corrected chi connectivity index (χ1v) is 4.68. The number of nitrogens with zero attached hydrogens (tertiary/aromatic N) is 1. The van der Waals surface area contributed by atoms with Crippen molar-refractivity contribution in [2.45, 2.75) is 4.90 Å². The summed E-state index contributed by atoms with van der Waals surface area (Å²) in [6.45, 7) is 0. The number of pyridine rings is 1. The number of hydrogen-bond donors (Lipinski definition) is 2. The number of carboxylic acid groups (broad SMARTS) is 1. The third kappa shape index (κ3) is 3.06. The Morgan fingerprint density at radius 1 is 1.57 bits per heavy atom. The number of thioether (sulfide) groups is 1. The van der Waals surface area contributed by atoms with Crippen LogP contribution in [-0.4, -0.2) is 27.7 Å². The molecule has 0 saturated carbocycles. The highest BCUT2D eigenvalue weighted by Gasteiger charge is 2.05. The van der Waals surface area contributed by atoms with Crippen LogP contribution in [0.4, 0.5) is 0 Å². The molecule has 0 radical (unpaired) electrons. The van der Waals surface area contributed by atoms with Crippen LogP contribution in [0, 0.1) is 0 Å². The summed E-state index contributed by atoms with van der Waals surface area (Å²) in [5.41, 5.74) is 4.90. The summed E-state index contributed by atoms with van der Waals surface area (Å²) in [4.78, 5) is 25.3. The minimum Gasteiger partial charge on any atom is -0.477 e. The molecule has 0 aliphatic heterocycles. The van der Waals surface area contributed by atoms with E-state index in [2.05, 4.69) is 4.98 Å². The second-order valence-electron chi connectivity index (χ2n) is 2.44. The van der Waals surface area contributed by atoms with Crippen molar-refractivity contribution >= 4 is 23.6 Å².